The molecule has 26 heavy (non-hydrogen) atoms. The van der Waals surface area contributed by atoms with Gasteiger partial charge in [-0.15, -0.1) is 0 Å². The topological polar surface area (TPSA) is 41.8 Å². The van der Waals surface area contributed by atoms with Gasteiger partial charge in [0.05, 0.1) is 33.8 Å². The normalized spacial score (nSPS) is 12.6. The number of hydrogen-bond acceptors (Lipinski definition) is 2. The number of alkyl halides is 6. The summed E-state index contributed by atoms with van der Waals surface area (Å²) in [6.07, 6.45) is -7.55. The highest BCUT2D eigenvalue weighted by atomic mass is 35.5. The molecule has 138 valence electrons. The number of furan rings is 1. The first-order valence-electron chi connectivity index (χ1n) is 6.75. The fourth-order valence-electron chi connectivity index (χ4n) is 2.40. The van der Waals surface area contributed by atoms with Gasteiger partial charge in [-0.05, 0) is 18.2 Å². The molecule has 0 spiro atoms. The molecule has 0 saturated carbocycles. The Morgan fingerprint density at radius 2 is 1.54 bits per heavy atom. The van der Waals surface area contributed by atoms with Crippen molar-refractivity contribution in [3.8, 4) is 22.4 Å². The number of aromatic nitrogens is 2. The molecule has 11 heteroatoms. The van der Waals surface area contributed by atoms with Crippen molar-refractivity contribution in [2.75, 3.05) is 0 Å². The molecule has 0 aliphatic heterocycles. The van der Waals surface area contributed by atoms with Crippen molar-refractivity contribution in [1.82, 2.24) is 10.2 Å². The standard InChI is InChI=1S/C15H6Cl2F6N2O/c16-9-3-6(14(18,19)20)4-10(17)11(9)12-8(5-24-25-12)7-1-2-26-13(7)15(21,22)23/h1-5H,(H,24,25). The minimum atomic E-state index is -4.78. The van der Waals surface area contributed by atoms with Crippen molar-refractivity contribution in [3.63, 3.8) is 0 Å². The Bertz CT molecular complexity index is 935. The molecular formula is C15H6Cl2F6N2O. The Morgan fingerprint density at radius 1 is 0.923 bits per heavy atom. The van der Waals surface area contributed by atoms with Gasteiger partial charge in [0.15, 0.2) is 0 Å². The SMILES string of the molecule is FC(F)(F)c1cc(Cl)c(-c2[nH]ncc2-c2ccoc2C(F)(F)F)c(Cl)c1. The summed E-state index contributed by atoms with van der Waals surface area (Å²) in [4.78, 5) is 0. The number of aromatic amines is 1. The van der Waals surface area contributed by atoms with Crippen molar-refractivity contribution in [1.29, 1.82) is 0 Å². The Hall–Kier alpha value is -2.13. The lowest BCUT2D eigenvalue weighted by atomic mass is 10.0. The van der Waals surface area contributed by atoms with Gasteiger partial charge in [-0.3, -0.25) is 5.10 Å². The molecule has 0 aliphatic rings. The summed E-state index contributed by atoms with van der Waals surface area (Å²) in [5, 5.41) is 5.29. The van der Waals surface area contributed by atoms with Crippen LogP contribution in [0.5, 0.6) is 0 Å². The molecule has 3 rings (SSSR count). The van der Waals surface area contributed by atoms with Gasteiger partial charge in [0, 0.05) is 16.7 Å². The second-order valence-electron chi connectivity index (χ2n) is 5.13. The van der Waals surface area contributed by atoms with Crippen LogP contribution in [0.25, 0.3) is 22.4 Å². The monoisotopic (exact) mass is 414 g/mol. The molecular weight excluding hydrogens is 409 g/mol. The molecule has 0 fully saturated rings. The van der Waals surface area contributed by atoms with Crippen molar-refractivity contribution < 1.29 is 30.8 Å². The molecule has 1 N–H and O–H groups in total. The van der Waals surface area contributed by atoms with E-state index in [1.807, 2.05) is 0 Å². The van der Waals surface area contributed by atoms with Crippen molar-refractivity contribution in [2.24, 2.45) is 0 Å². The van der Waals surface area contributed by atoms with E-state index in [0.29, 0.717) is 12.1 Å². The molecule has 0 bridgehead atoms. The predicted molar refractivity (Wildman–Crippen MR) is 81.7 cm³/mol. The number of halogens is 8. The maximum atomic E-state index is 13.0. The number of hydrogen-bond donors (Lipinski definition) is 1. The van der Waals surface area contributed by atoms with Crippen LogP contribution in [0.15, 0.2) is 35.1 Å². The lowest BCUT2D eigenvalue weighted by Gasteiger charge is -2.13. The van der Waals surface area contributed by atoms with Gasteiger partial charge in [0.1, 0.15) is 0 Å². The molecule has 3 aromatic rings. The number of nitrogens with zero attached hydrogens (tertiary/aromatic N) is 1. The third-order valence-electron chi connectivity index (χ3n) is 3.47. The van der Waals surface area contributed by atoms with Gasteiger partial charge in [-0.1, -0.05) is 23.2 Å². The maximum absolute atomic E-state index is 13.0. The molecule has 2 aromatic heterocycles. The van der Waals surface area contributed by atoms with Crippen molar-refractivity contribution in [2.45, 2.75) is 12.4 Å². The summed E-state index contributed by atoms with van der Waals surface area (Å²) in [5.41, 5.74) is -1.69. The highest BCUT2D eigenvalue weighted by molar-refractivity contribution is 6.39. The Balaban J connectivity index is 2.18. The molecule has 1 aromatic carbocycles. The molecule has 2 heterocycles. The van der Waals surface area contributed by atoms with E-state index in [2.05, 4.69) is 14.6 Å². The number of benzene rings is 1. The first-order valence-corrected chi connectivity index (χ1v) is 7.50. The second-order valence-corrected chi connectivity index (χ2v) is 5.95. The van der Waals surface area contributed by atoms with Crippen LogP contribution in [0.3, 0.4) is 0 Å². The van der Waals surface area contributed by atoms with Crippen molar-refractivity contribution in [3.05, 3.63) is 52.0 Å². The summed E-state index contributed by atoms with van der Waals surface area (Å²) in [7, 11) is 0. The van der Waals surface area contributed by atoms with Gasteiger partial charge in [0.2, 0.25) is 5.76 Å². The molecule has 0 radical (unpaired) electrons. The van der Waals surface area contributed by atoms with Gasteiger partial charge in [0.25, 0.3) is 0 Å². The van der Waals surface area contributed by atoms with Gasteiger partial charge < -0.3 is 4.42 Å². The van der Waals surface area contributed by atoms with E-state index in [0.717, 1.165) is 18.5 Å². The largest absolute Gasteiger partial charge is 0.459 e. The van der Waals surface area contributed by atoms with E-state index in [-0.39, 0.29) is 22.4 Å². The Labute approximate surface area is 151 Å². The number of H-pyrrole nitrogens is 1. The minimum absolute atomic E-state index is 0.0689. The summed E-state index contributed by atoms with van der Waals surface area (Å²) < 4.78 is 82.1. The molecule has 0 aliphatic carbocycles. The van der Waals surface area contributed by atoms with Gasteiger partial charge in [-0.2, -0.15) is 31.4 Å². The van der Waals surface area contributed by atoms with E-state index in [4.69, 9.17) is 23.2 Å². The van der Waals surface area contributed by atoms with Crippen LogP contribution in [0, 0.1) is 0 Å². The highest BCUT2D eigenvalue weighted by Gasteiger charge is 2.39. The lowest BCUT2D eigenvalue weighted by molar-refractivity contribution is -0.152. The van der Waals surface area contributed by atoms with Crippen molar-refractivity contribution >= 4 is 23.2 Å². The first-order chi connectivity index (χ1) is 12.0. The molecule has 3 nitrogen and oxygen atoms in total. The second kappa shape index (κ2) is 6.24. The van der Waals surface area contributed by atoms with Crippen LogP contribution in [-0.2, 0) is 12.4 Å². The first kappa shape index (κ1) is 18.7. The van der Waals surface area contributed by atoms with E-state index in [1.54, 1.807) is 0 Å². The molecule has 0 atom stereocenters. The summed E-state index contributed by atoms with van der Waals surface area (Å²) in [6.45, 7) is 0. The predicted octanol–water partition coefficient (Wildman–Crippen LogP) is 6.68. The zero-order chi connectivity index (χ0) is 19.3. The smallest absolute Gasteiger partial charge is 0.450 e. The average Bonchev–Trinajstić information content (AvgIpc) is 3.12. The minimum Gasteiger partial charge on any atom is -0.459 e. The quantitative estimate of drug-likeness (QED) is 0.475. The summed E-state index contributed by atoms with van der Waals surface area (Å²) >= 11 is 11.8. The third-order valence-corrected chi connectivity index (χ3v) is 4.07. The highest BCUT2D eigenvalue weighted by Crippen LogP contribution is 2.45. The zero-order valence-corrected chi connectivity index (χ0v) is 13.8. The van der Waals surface area contributed by atoms with Crippen LogP contribution in [-0.4, -0.2) is 10.2 Å². The van der Waals surface area contributed by atoms with Crippen LogP contribution < -0.4 is 0 Å². The molecule has 0 saturated heterocycles. The van der Waals surface area contributed by atoms with Gasteiger partial charge >= 0.3 is 12.4 Å². The Kier molecular flexibility index (Phi) is 4.48. The fourth-order valence-corrected chi connectivity index (χ4v) is 3.07. The molecule has 0 unspecified atom stereocenters. The third kappa shape index (κ3) is 3.28. The van der Waals surface area contributed by atoms with Crippen LogP contribution in [0.1, 0.15) is 11.3 Å². The van der Waals surface area contributed by atoms with Crippen LogP contribution >= 0.6 is 23.2 Å². The number of nitrogens with one attached hydrogen (secondary N) is 1. The lowest BCUT2D eigenvalue weighted by Crippen LogP contribution is -2.06. The Morgan fingerprint density at radius 3 is 2.08 bits per heavy atom. The van der Waals surface area contributed by atoms with Crippen LogP contribution in [0.2, 0.25) is 10.0 Å². The fraction of sp³-hybridized carbons (Fsp3) is 0.133. The number of rotatable bonds is 2. The van der Waals surface area contributed by atoms with Gasteiger partial charge in [-0.25, -0.2) is 0 Å². The zero-order valence-electron chi connectivity index (χ0n) is 12.3. The van der Waals surface area contributed by atoms with E-state index in [1.165, 1.54) is 0 Å². The average molecular weight is 415 g/mol. The van der Waals surface area contributed by atoms with E-state index < -0.39 is 33.7 Å². The van der Waals surface area contributed by atoms with Crippen LogP contribution in [0.4, 0.5) is 26.3 Å². The summed E-state index contributed by atoms with van der Waals surface area (Å²) in [5.74, 6) is -1.28. The van der Waals surface area contributed by atoms with E-state index >= 15 is 0 Å². The molecule has 0 amide bonds. The summed E-state index contributed by atoms with van der Waals surface area (Å²) in [6, 6.07) is 2.32. The maximum Gasteiger partial charge on any atom is 0.450 e. The van der Waals surface area contributed by atoms with E-state index in [9.17, 15) is 26.3 Å².